The molecular weight excluding hydrogens is 244 g/mol. The van der Waals surface area contributed by atoms with Gasteiger partial charge in [0.05, 0.1) is 12.2 Å². The molecule has 1 aliphatic carbocycles. The van der Waals surface area contributed by atoms with E-state index in [2.05, 4.69) is 63.4 Å². The van der Waals surface area contributed by atoms with E-state index in [1.54, 1.807) is 0 Å². The molecule has 0 aliphatic heterocycles. The summed E-state index contributed by atoms with van der Waals surface area (Å²) in [6, 6.07) is 8.44. The van der Waals surface area contributed by atoms with Gasteiger partial charge in [-0.15, -0.1) is 0 Å². The summed E-state index contributed by atoms with van der Waals surface area (Å²) in [5.74, 6) is 0. The number of hydrogen-bond donors (Lipinski definition) is 0. The highest BCUT2D eigenvalue weighted by molar-refractivity contribution is 5.61. The summed E-state index contributed by atoms with van der Waals surface area (Å²) in [5, 5.41) is 0. The molecule has 0 N–H and O–H groups in total. The van der Waals surface area contributed by atoms with Gasteiger partial charge in [0.25, 0.3) is 0 Å². The van der Waals surface area contributed by atoms with Gasteiger partial charge >= 0.3 is 0 Å². The molecule has 1 aromatic carbocycles. The third-order valence-electron chi connectivity index (χ3n) is 3.46. The third-order valence-corrected chi connectivity index (χ3v) is 3.46. The molecule has 1 atom stereocenters. The third kappa shape index (κ3) is 3.17. The Hall–Kier alpha value is -1.86. The van der Waals surface area contributed by atoms with Crippen molar-refractivity contribution in [2.75, 3.05) is 0 Å². The second-order valence-corrected chi connectivity index (χ2v) is 5.23. The molecular formula is C19H22O. The lowest BCUT2D eigenvalue weighted by Crippen LogP contribution is -2.24. The molecule has 0 heterocycles. The van der Waals surface area contributed by atoms with Crippen LogP contribution in [0.2, 0.25) is 0 Å². The lowest BCUT2D eigenvalue weighted by atomic mass is 9.91. The van der Waals surface area contributed by atoms with Gasteiger partial charge in [0, 0.05) is 6.42 Å². The zero-order chi connectivity index (χ0) is 14.5. The number of hydrogen-bond acceptors (Lipinski definition) is 1. The van der Waals surface area contributed by atoms with Gasteiger partial charge in [-0.1, -0.05) is 61.7 Å². The van der Waals surface area contributed by atoms with Crippen LogP contribution in [0.4, 0.5) is 0 Å². The van der Waals surface area contributed by atoms with Crippen molar-refractivity contribution < 1.29 is 4.74 Å². The Labute approximate surface area is 122 Å². The van der Waals surface area contributed by atoms with E-state index in [1.165, 1.54) is 11.1 Å². The molecule has 2 rings (SSSR count). The van der Waals surface area contributed by atoms with Crippen LogP contribution in [0.1, 0.15) is 25.0 Å². The van der Waals surface area contributed by atoms with Crippen molar-refractivity contribution in [1.29, 1.82) is 0 Å². The lowest BCUT2D eigenvalue weighted by Gasteiger charge is -2.25. The molecule has 1 heteroatoms. The first-order valence-corrected chi connectivity index (χ1v) is 7.06. The molecule has 0 saturated carbocycles. The van der Waals surface area contributed by atoms with E-state index in [0.717, 1.165) is 17.6 Å². The molecule has 0 aromatic heterocycles. The molecule has 0 radical (unpaired) electrons. The number of ether oxygens (including phenoxy) is 1. The minimum absolute atomic E-state index is 0.0200. The first kappa shape index (κ1) is 14.5. The summed E-state index contributed by atoms with van der Waals surface area (Å²) in [7, 11) is 0. The molecule has 0 bridgehead atoms. The van der Waals surface area contributed by atoms with Gasteiger partial charge in [0.2, 0.25) is 0 Å². The average molecular weight is 266 g/mol. The summed E-state index contributed by atoms with van der Waals surface area (Å²) in [6.45, 7) is 12.0. The predicted molar refractivity (Wildman–Crippen MR) is 86.6 cm³/mol. The number of benzene rings is 1. The molecule has 0 amide bonds. The van der Waals surface area contributed by atoms with E-state index in [1.807, 2.05) is 12.2 Å². The number of allylic oxidation sites excluding steroid dienone is 3. The molecule has 20 heavy (non-hydrogen) atoms. The Morgan fingerprint density at radius 3 is 2.55 bits per heavy atom. The van der Waals surface area contributed by atoms with Crippen LogP contribution in [0.15, 0.2) is 66.8 Å². The average Bonchev–Trinajstić information content (AvgIpc) is 2.41. The Bertz CT molecular complexity index is 561. The van der Waals surface area contributed by atoms with Crippen LogP contribution < -0.4 is 0 Å². The Balaban J connectivity index is 2.52. The number of rotatable bonds is 4. The van der Waals surface area contributed by atoms with Crippen molar-refractivity contribution in [2.45, 2.75) is 32.5 Å². The van der Waals surface area contributed by atoms with Gasteiger partial charge < -0.3 is 4.74 Å². The molecule has 1 aliphatic rings. The van der Waals surface area contributed by atoms with Crippen LogP contribution in [0.5, 0.6) is 0 Å². The fourth-order valence-corrected chi connectivity index (χ4v) is 2.54. The molecule has 1 unspecified atom stereocenters. The minimum Gasteiger partial charge on any atom is -0.371 e. The Morgan fingerprint density at radius 2 is 1.90 bits per heavy atom. The van der Waals surface area contributed by atoms with Crippen LogP contribution in [0.25, 0.3) is 6.08 Å². The normalized spacial score (nSPS) is 23.6. The van der Waals surface area contributed by atoms with Crippen molar-refractivity contribution in [1.82, 2.24) is 0 Å². The van der Waals surface area contributed by atoms with E-state index in [9.17, 15) is 0 Å². The van der Waals surface area contributed by atoms with Gasteiger partial charge in [-0.2, -0.15) is 0 Å². The van der Waals surface area contributed by atoms with Crippen LogP contribution >= 0.6 is 0 Å². The maximum Gasteiger partial charge on any atom is 0.0874 e. The standard InChI is InChI=1S/C19H22O/c1-5-15-11-12-16-9-7-8-10-17(16)13-19(18(15)6-2)20-14(3)4/h5-12,14,19H,1-2,13H2,3-4H3/b12-11-,18-15-. The van der Waals surface area contributed by atoms with Gasteiger partial charge in [-0.25, -0.2) is 0 Å². The fourth-order valence-electron chi connectivity index (χ4n) is 2.54. The van der Waals surface area contributed by atoms with Gasteiger partial charge in [0.1, 0.15) is 0 Å². The van der Waals surface area contributed by atoms with E-state index in [4.69, 9.17) is 4.74 Å². The van der Waals surface area contributed by atoms with Crippen molar-refractivity contribution in [3.8, 4) is 0 Å². The number of fused-ring (bicyclic) bond motifs is 1. The quantitative estimate of drug-likeness (QED) is 0.766. The van der Waals surface area contributed by atoms with Crippen LogP contribution in [0.3, 0.4) is 0 Å². The van der Waals surface area contributed by atoms with Crippen molar-refractivity contribution in [3.63, 3.8) is 0 Å². The molecule has 0 saturated heterocycles. The van der Waals surface area contributed by atoms with E-state index in [-0.39, 0.29) is 12.2 Å². The van der Waals surface area contributed by atoms with Gasteiger partial charge in [-0.3, -0.25) is 0 Å². The SMILES string of the molecule is C=CC1=C(\C=C)C(OC(C)C)Cc2ccccc2/C=C\1. The second kappa shape index (κ2) is 6.53. The topological polar surface area (TPSA) is 9.23 Å². The van der Waals surface area contributed by atoms with Crippen molar-refractivity contribution in [3.05, 3.63) is 77.9 Å². The van der Waals surface area contributed by atoms with E-state index < -0.39 is 0 Å². The first-order chi connectivity index (χ1) is 9.65. The van der Waals surface area contributed by atoms with Crippen LogP contribution in [-0.2, 0) is 11.2 Å². The van der Waals surface area contributed by atoms with E-state index >= 15 is 0 Å². The fraction of sp³-hybridized carbons (Fsp3) is 0.263. The van der Waals surface area contributed by atoms with Crippen LogP contribution in [0, 0.1) is 0 Å². The largest absolute Gasteiger partial charge is 0.371 e. The van der Waals surface area contributed by atoms with Crippen molar-refractivity contribution >= 4 is 6.08 Å². The monoisotopic (exact) mass is 266 g/mol. The van der Waals surface area contributed by atoms with E-state index in [0.29, 0.717) is 0 Å². The van der Waals surface area contributed by atoms with Gasteiger partial charge in [0.15, 0.2) is 0 Å². The first-order valence-electron chi connectivity index (χ1n) is 7.06. The maximum atomic E-state index is 6.11. The highest BCUT2D eigenvalue weighted by atomic mass is 16.5. The summed E-state index contributed by atoms with van der Waals surface area (Å²) in [5.41, 5.74) is 4.74. The molecule has 0 fully saturated rings. The van der Waals surface area contributed by atoms with Crippen LogP contribution in [-0.4, -0.2) is 12.2 Å². The zero-order valence-electron chi connectivity index (χ0n) is 12.3. The molecule has 0 spiro atoms. The smallest absolute Gasteiger partial charge is 0.0874 e. The minimum atomic E-state index is 0.0200. The Kier molecular flexibility index (Phi) is 4.75. The predicted octanol–water partition coefficient (Wildman–Crippen LogP) is 4.72. The summed E-state index contributed by atoms with van der Waals surface area (Å²) in [6.07, 6.45) is 9.06. The molecule has 104 valence electrons. The summed E-state index contributed by atoms with van der Waals surface area (Å²) < 4.78 is 6.11. The highest BCUT2D eigenvalue weighted by Crippen LogP contribution is 2.26. The summed E-state index contributed by atoms with van der Waals surface area (Å²) in [4.78, 5) is 0. The Morgan fingerprint density at radius 1 is 1.15 bits per heavy atom. The zero-order valence-corrected chi connectivity index (χ0v) is 12.3. The molecule has 1 aromatic rings. The second-order valence-electron chi connectivity index (χ2n) is 5.23. The lowest BCUT2D eigenvalue weighted by molar-refractivity contribution is 0.0310. The summed E-state index contributed by atoms with van der Waals surface area (Å²) >= 11 is 0. The van der Waals surface area contributed by atoms with Crippen molar-refractivity contribution in [2.24, 2.45) is 0 Å². The molecule has 1 nitrogen and oxygen atoms in total. The van der Waals surface area contributed by atoms with Gasteiger partial charge in [-0.05, 0) is 36.1 Å². The maximum absolute atomic E-state index is 6.11. The highest BCUT2D eigenvalue weighted by Gasteiger charge is 2.20.